The van der Waals surface area contributed by atoms with E-state index < -0.39 is 0 Å². The highest BCUT2D eigenvalue weighted by atomic mass is 16.2. The summed E-state index contributed by atoms with van der Waals surface area (Å²) in [6.45, 7) is 7.04. The molecule has 0 spiro atoms. The van der Waals surface area contributed by atoms with Gasteiger partial charge in [0, 0.05) is 58.6 Å². The lowest BCUT2D eigenvalue weighted by Gasteiger charge is -2.40. The molecule has 30 heavy (non-hydrogen) atoms. The molecule has 2 fully saturated rings. The molecule has 7 heteroatoms. The monoisotopic (exact) mass is 408 g/mol. The lowest BCUT2D eigenvalue weighted by atomic mass is 10.0. The van der Waals surface area contributed by atoms with E-state index in [1.54, 1.807) is 0 Å². The van der Waals surface area contributed by atoms with Crippen LogP contribution in [0.15, 0.2) is 48.7 Å². The molecule has 2 aliphatic rings. The van der Waals surface area contributed by atoms with Crippen LogP contribution in [-0.4, -0.2) is 85.6 Å². The van der Waals surface area contributed by atoms with Crippen LogP contribution in [0.1, 0.15) is 17.2 Å². The summed E-state index contributed by atoms with van der Waals surface area (Å²) in [6.07, 6.45) is 1.85. The zero-order valence-corrected chi connectivity index (χ0v) is 18.0. The van der Waals surface area contributed by atoms with E-state index in [2.05, 4.69) is 57.3 Å². The molecule has 2 aromatic rings. The Bertz CT molecular complexity index is 837. The molecule has 0 saturated carbocycles. The number of amides is 2. The summed E-state index contributed by atoms with van der Waals surface area (Å²) < 4.78 is 0. The van der Waals surface area contributed by atoms with Gasteiger partial charge in [0.25, 0.3) is 0 Å². The SMILES string of the molecule is CN1CCN(c2cc(CNC(=O)N3CCN(C)CC3c3ccccc3)ccn2)CC1. The van der Waals surface area contributed by atoms with Crippen LogP contribution >= 0.6 is 0 Å². The lowest BCUT2D eigenvalue weighted by molar-refractivity contribution is 0.108. The van der Waals surface area contributed by atoms with E-state index in [0.717, 1.165) is 57.2 Å². The summed E-state index contributed by atoms with van der Waals surface area (Å²) in [7, 11) is 4.26. The maximum atomic E-state index is 13.0. The first-order valence-corrected chi connectivity index (χ1v) is 10.8. The van der Waals surface area contributed by atoms with Crippen LogP contribution in [0.2, 0.25) is 0 Å². The molecule has 160 valence electrons. The Morgan fingerprint density at radius 1 is 1.00 bits per heavy atom. The number of urea groups is 1. The van der Waals surface area contributed by atoms with Crippen molar-refractivity contribution in [1.82, 2.24) is 25.0 Å². The van der Waals surface area contributed by atoms with Crippen LogP contribution in [0, 0.1) is 0 Å². The van der Waals surface area contributed by atoms with Gasteiger partial charge in [-0.25, -0.2) is 9.78 Å². The number of nitrogens with zero attached hydrogens (tertiary/aromatic N) is 5. The maximum Gasteiger partial charge on any atom is 0.318 e. The normalized spacial score (nSPS) is 20.9. The van der Waals surface area contributed by atoms with Gasteiger partial charge < -0.3 is 24.9 Å². The van der Waals surface area contributed by atoms with E-state index in [0.29, 0.717) is 6.54 Å². The van der Waals surface area contributed by atoms with Gasteiger partial charge >= 0.3 is 6.03 Å². The van der Waals surface area contributed by atoms with Crippen molar-refractivity contribution in [3.63, 3.8) is 0 Å². The van der Waals surface area contributed by atoms with Crippen molar-refractivity contribution in [3.8, 4) is 0 Å². The quantitative estimate of drug-likeness (QED) is 0.839. The largest absolute Gasteiger partial charge is 0.354 e. The van der Waals surface area contributed by atoms with Gasteiger partial charge in [-0.15, -0.1) is 0 Å². The van der Waals surface area contributed by atoms with Crippen molar-refractivity contribution in [2.45, 2.75) is 12.6 Å². The van der Waals surface area contributed by atoms with Crippen molar-refractivity contribution in [2.75, 3.05) is 64.8 Å². The fourth-order valence-corrected chi connectivity index (χ4v) is 4.18. The zero-order valence-electron chi connectivity index (χ0n) is 18.0. The zero-order chi connectivity index (χ0) is 20.9. The summed E-state index contributed by atoms with van der Waals surface area (Å²) >= 11 is 0. The number of anilines is 1. The van der Waals surface area contributed by atoms with Gasteiger partial charge in [0.05, 0.1) is 6.04 Å². The molecule has 1 aromatic heterocycles. The predicted molar refractivity (Wildman–Crippen MR) is 120 cm³/mol. The van der Waals surface area contributed by atoms with Gasteiger partial charge in [-0.2, -0.15) is 0 Å². The highest BCUT2D eigenvalue weighted by Gasteiger charge is 2.30. The molecule has 2 saturated heterocycles. The van der Waals surface area contributed by atoms with Crippen LogP contribution in [0.5, 0.6) is 0 Å². The summed E-state index contributed by atoms with van der Waals surface area (Å²) in [5.41, 5.74) is 2.26. The second kappa shape index (κ2) is 9.45. The number of likely N-dealkylation sites (N-methyl/N-ethyl adjacent to an activating group) is 2. The smallest absolute Gasteiger partial charge is 0.318 e. The highest BCUT2D eigenvalue weighted by Crippen LogP contribution is 2.25. The van der Waals surface area contributed by atoms with Crippen molar-refractivity contribution in [3.05, 3.63) is 59.8 Å². The van der Waals surface area contributed by atoms with Crippen LogP contribution < -0.4 is 10.2 Å². The van der Waals surface area contributed by atoms with E-state index in [1.807, 2.05) is 35.4 Å². The second-order valence-corrected chi connectivity index (χ2v) is 8.35. The molecule has 3 heterocycles. The minimum Gasteiger partial charge on any atom is -0.354 e. The van der Waals surface area contributed by atoms with E-state index in [1.165, 1.54) is 5.56 Å². The second-order valence-electron chi connectivity index (χ2n) is 8.35. The summed E-state index contributed by atoms with van der Waals surface area (Å²) in [6, 6.07) is 14.5. The molecule has 1 N–H and O–H groups in total. The average molecular weight is 409 g/mol. The highest BCUT2D eigenvalue weighted by molar-refractivity contribution is 5.75. The van der Waals surface area contributed by atoms with E-state index >= 15 is 0 Å². The number of benzene rings is 1. The first-order chi connectivity index (χ1) is 14.6. The minimum atomic E-state index is -0.00471. The number of carbonyl (C=O) groups excluding carboxylic acids is 1. The van der Waals surface area contributed by atoms with Gasteiger partial charge in [0.1, 0.15) is 5.82 Å². The first-order valence-electron chi connectivity index (χ1n) is 10.8. The summed E-state index contributed by atoms with van der Waals surface area (Å²) in [5, 5.41) is 3.13. The summed E-state index contributed by atoms with van der Waals surface area (Å²) in [5.74, 6) is 0.997. The van der Waals surface area contributed by atoms with Gasteiger partial charge in [0.15, 0.2) is 0 Å². The molecular weight excluding hydrogens is 376 g/mol. The van der Waals surface area contributed by atoms with Crippen molar-refractivity contribution < 1.29 is 4.79 Å². The van der Waals surface area contributed by atoms with Crippen molar-refractivity contribution in [1.29, 1.82) is 0 Å². The Labute approximate surface area is 179 Å². The third kappa shape index (κ3) is 4.91. The minimum absolute atomic E-state index is 0.00471. The van der Waals surface area contributed by atoms with Gasteiger partial charge in [-0.05, 0) is 37.4 Å². The number of rotatable bonds is 4. The average Bonchev–Trinajstić information content (AvgIpc) is 2.79. The van der Waals surface area contributed by atoms with Gasteiger partial charge in [0.2, 0.25) is 0 Å². The van der Waals surface area contributed by atoms with E-state index in [4.69, 9.17) is 0 Å². The van der Waals surface area contributed by atoms with Gasteiger partial charge in [-0.1, -0.05) is 30.3 Å². The number of piperazine rings is 2. The predicted octanol–water partition coefficient (Wildman–Crippen LogP) is 2.03. The number of pyridine rings is 1. The number of nitrogens with one attached hydrogen (secondary N) is 1. The standard InChI is InChI=1S/C23H32N6O/c1-26-10-13-28(14-11-26)22-16-19(8-9-24-22)17-25-23(30)29-15-12-27(2)18-21(29)20-6-4-3-5-7-20/h3-9,16,21H,10-15,17-18H2,1-2H3,(H,25,30). The van der Waals surface area contributed by atoms with Gasteiger partial charge in [-0.3, -0.25) is 0 Å². The Balaban J connectivity index is 1.39. The Morgan fingerprint density at radius 2 is 1.73 bits per heavy atom. The number of carbonyl (C=O) groups is 1. The molecule has 1 atom stereocenters. The maximum absolute atomic E-state index is 13.0. The van der Waals surface area contributed by atoms with E-state index in [-0.39, 0.29) is 12.1 Å². The molecule has 0 bridgehead atoms. The third-order valence-electron chi connectivity index (χ3n) is 6.11. The number of hydrogen-bond acceptors (Lipinski definition) is 5. The third-order valence-corrected chi connectivity index (χ3v) is 6.11. The molecule has 1 unspecified atom stereocenters. The number of hydrogen-bond donors (Lipinski definition) is 1. The molecule has 0 aliphatic carbocycles. The Morgan fingerprint density at radius 3 is 2.50 bits per heavy atom. The lowest BCUT2D eigenvalue weighted by Crippen LogP contribution is -2.52. The molecule has 7 nitrogen and oxygen atoms in total. The van der Waals surface area contributed by atoms with Crippen LogP contribution in [0.3, 0.4) is 0 Å². The van der Waals surface area contributed by atoms with Crippen LogP contribution in [-0.2, 0) is 6.54 Å². The molecular formula is C23H32N6O. The Kier molecular flexibility index (Phi) is 6.50. The fraction of sp³-hybridized carbons (Fsp3) is 0.478. The van der Waals surface area contributed by atoms with Crippen molar-refractivity contribution in [2.24, 2.45) is 0 Å². The molecule has 1 aromatic carbocycles. The first kappa shape index (κ1) is 20.6. The molecule has 2 aliphatic heterocycles. The molecule has 0 radical (unpaired) electrons. The van der Waals surface area contributed by atoms with Crippen LogP contribution in [0.4, 0.5) is 10.6 Å². The van der Waals surface area contributed by atoms with E-state index in [9.17, 15) is 4.79 Å². The summed E-state index contributed by atoms with van der Waals surface area (Å²) in [4.78, 5) is 26.5. The van der Waals surface area contributed by atoms with Crippen molar-refractivity contribution >= 4 is 11.8 Å². The molecule has 2 amide bonds. The van der Waals surface area contributed by atoms with Crippen LogP contribution in [0.25, 0.3) is 0 Å². The topological polar surface area (TPSA) is 55.0 Å². The number of aromatic nitrogens is 1. The fourth-order valence-electron chi connectivity index (χ4n) is 4.18. The Hall–Kier alpha value is -2.64. The molecule has 4 rings (SSSR count).